The summed E-state index contributed by atoms with van der Waals surface area (Å²) in [7, 11) is 0. The number of para-hydroxylation sites is 1. The number of aryl methyl sites for hydroxylation is 1. The summed E-state index contributed by atoms with van der Waals surface area (Å²) in [5.74, 6) is -1.34. The smallest absolute Gasteiger partial charge is 0.326 e. The van der Waals surface area contributed by atoms with E-state index in [1.54, 1.807) is 6.07 Å². The molecule has 0 aliphatic carbocycles. The number of likely N-dealkylation sites (tertiary alicyclic amines) is 1. The number of β-amino-alcohol motifs (C(OH)–C–C–N with tert-alkyl or cyclic N) is 1. The largest absolute Gasteiger partial charge is 0.480 e. The number of nitrogens with two attached hydrogens (primary N) is 1. The van der Waals surface area contributed by atoms with Crippen molar-refractivity contribution in [2.24, 2.45) is 0 Å². The number of benzene rings is 1. The molecule has 1 fully saturated rings. The number of carbonyl (C=O) groups excluding carboxylic acids is 1. The fourth-order valence-electron chi connectivity index (χ4n) is 2.47. The molecule has 1 amide bonds. The van der Waals surface area contributed by atoms with Crippen molar-refractivity contribution >= 4 is 17.6 Å². The number of anilines is 1. The van der Waals surface area contributed by atoms with E-state index in [9.17, 15) is 14.7 Å². The average Bonchev–Trinajstić information content (AvgIpc) is 2.80. The molecule has 6 heteroatoms. The highest BCUT2D eigenvalue weighted by Gasteiger charge is 2.38. The van der Waals surface area contributed by atoms with Gasteiger partial charge < -0.3 is 20.8 Å². The third-order valence-electron chi connectivity index (χ3n) is 3.55. The van der Waals surface area contributed by atoms with Gasteiger partial charge in [0.1, 0.15) is 6.04 Å². The van der Waals surface area contributed by atoms with Crippen molar-refractivity contribution in [1.82, 2.24) is 4.90 Å². The number of nitrogen functional groups attached to an aromatic ring is 1. The van der Waals surface area contributed by atoms with E-state index in [1.807, 2.05) is 18.2 Å². The maximum Gasteiger partial charge on any atom is 0.326 e. The van der Waals surface area contributed by atoms with E-state index in [-0.39, 0.29) is 25.3 Å². The molecule has 4 N–H and O–H groups in total. The predicted molar refractivity (Wildman–Crippen MR) is 72.9 cm³/mol. The first kappa shape index (κ1) is 14.3. The van der Waals surface area contributed by atoms with E-state index in [1.165, 1.54) is 4.90 Å². The van der Waals surface area contributed by atoms with Crippen LogP contribution in [0.4, 0.5) is 5.69 Å². The number of carboxylic acids is 1. The molecular weight excluding hydrogens is 260 g/mol. The summed E-state index contributed by atoms with van der Waals surface area (Å²) in [6, 6.07) is 6.34. The maximum atomic E-state index is 12.1. The Bertz CT molecular complexity index is 518. The molecule has 1 aromatic carbocycles. The molecule has 0 unspecified atom stereocenters. The molecule has 0 saturated carbocycles. The molecule has 2 rings (SSSR count). The zero-order valence-corrected chi connectivity index (χ0v) is 11.0. The Labute approximate surface area is 116 Å². The molecule has 1 aromatic rings. The molecule has 2 atom stereocenters. The van der Waals surface area contributed by atoms with Crippen molar-refractivity contribution < 1.29 is 19.8 Å². The summed E-state index contributed by atoms with van der Waals surface area (Å²) in [5.41, 5.74) is 7.29. The Morgan fingerprint density at radius 2 is 2.05 bits per heavy atom. The van der Waals surface area contributed by atoms with Crippen LogP contribution in [-0.4, -0.2) is 45.7 Å². The Hall–Kier alpha value is -2.08. The van der Waals surface area contributed by atoms with Crippen molar-refractivity contribution in [1.29, 1.82) is 0 Å². The number of carbonyl (C=O) groups is 2. The van der Waals surface area contributed by atoms with Gasteiger partial charge in [-0.3, -0.25) is 4.79 Å². The normalized spacial score (nSPS) is 21.9. The van der Waals surface area contributed by atoms with Gasteiger partial charge in [0.05, 0.1) is 6.10 Å². The quantitative estimate of drug-likeness (QED) is 0.685. The monoisotopic (exact) mass is 278 g/mol. The molecule has 6 nitrogen and oxygen atoms in total. The molecule has 1 aliphatic heterocycles. The zero-order valence-electron chi connectivity index (χ0n) is 11.0. The summed E-state index contributed by atoms with van der Waals surface area (Å²) in [6.45, 7) is 0.0834. The van der Waals surface area contributed by atoms with Gasteiger partial charge in [0.15, 0.2) is 0 Å². The van der Waals surface area contributed by atoms with Crippen LogP contribution >= 0.6 is 0 Å². The highest BCUT2D eigenvalue weighted by molar-refractivity contribution is 5.84. The molecular formula is C14H18N2O4. The molecule has 1 heterocycles. The number of aliphatic carboxylic acids is 1. The van der Waals surface area contributed by atoms with E-state index in [2.05, 4.69) is 0 Å². The van der Waals surface area contributed by atoms with Gasteiger partial charge in [0.2, 0.25) is 5.91 Å². The van der Waals surface area contributed by atoms with E-state index in [0.717, 1.165) is 5.56 Å². The number of aliphatic hydroxyl groups is 1. The lowest BCUT2D eigenvalue weighted by atomic mass is 10.1. The van der Waals surface area contributed by atoms with Gasteiger partial charge in [-0.15, -0.1) is 0 Å². The number of aliphatic hydroxyl groups excluding tert-OH is 1. The van der Waals surface area contributed by atoms with Crippen molar-refractivity contribution in [3.05, 3.63) is 29.8 Å². The number of hydrogen-bond donors (Lipinski definition) is 3. The molecule has 0 radical (unpaired) electrons. The van der Waals surface area contributed by atoms with E-state index in [4.69, 9.17) is 10.8 Å². The number of rotatable bonds is 4. The first-order chi connectivity index (χ1) is 9.49. The fourth-order valence-corrected chi connectivity index (χ4v) is 2.47. The van der Waals surface area contributed by atoms with Gasteiger partial charge in [-0.05, 0) is 18.1 Å². The lowest BCUT2D eigenvalue weighted by Gasteiger charge is -2.21. The summed E-state index contributed by atoms with van der Waals surface area (Å²) in [4.78, 5) is 24.4. The Kier molecular flexibility index (Phi) is 4.24. The molecule has 0 spiro atoms. The molecule has 0 aromatic heterocycles. The van der Waals surface area contributed by atoms with Gasteiger partial charge in [-0.2, -0.15) is 0 Å². The van der Waals surface area contributed by atoms with E-state index < -0.39 is 18.1 Å². The summed E-state index contributed by atoms with van der Waals surface area (Å²) in [5, 5.41) is 18.6. The number of carboxylic acid groups (broad SMARTS) is 1. The van der Waals surface area contributed by atoms with Crippen LogP contribution in [-0.2, 0) is 16.0 Å². The third-order valence-corrected chi connectivity index (χ3v) is 3.55. The Morgan fingerprint density at radius 1 is 1.35 bits per heavy atom. The van der Waals surface area contributed by atoms with Gasteiger partial charge in [0.25, 0.3) is 0 Å². The average molecular weight is 278 g/mol. The van der Waals surface area contributed by atoms with Crippen LogP contribution < -0.4 is 5.73 Å². The Morgan fingerprint density at radius 3 is 2.70 bits per heavy atom. The summed E-state index contributed by atoms with van der Waals surface area (Å²) < 4.78 is 0. The van der Waals surface area contributed by atoms with Gasteiger partial charge >= 0.3 is 5.97 Å². The second-order valence-electron chi connectivity index (χ2n) is 4.99. The minimum Gasteiger partial charge on any atom is -0.480 e. The second-order valence-corrected chi connectivity index (χ2v) is 4.99. The molecule has 0 bridgehead atoms. The SMILES string of the molecule is Nc1ccccc1CCC(=O)N1C[C@H](O)C[C@@H]1C(=O)O. The first-order valence-corrected chi connectivity index (χ1v) is 6.52. The van der Waals surface area contributed by atoms with Crippen molar-refractivity contribution in [2.45, 2.75) is 31.4 Å². The fraction of sp³-hybridized carbons (Fsp3) is 0.429. The summed E-state index contributed by atoms with van der Waals surface area (Å²) >= 11 is 0. The van der Waals surface area contributed by atoms with E-state index >= 15 is 0 Å². The second kappa shape index (κ2) is 5.92. The van der Waals surface area contributed by atoms with Crippen LogP contribution in [0.25, 0.3) is 0 Å². The van der Waals surface area contributed by atoms with Crippen molar-refractivity contribution in [3.8, 4) is 0 Å². The van der Waals surface area contributed by atoms with Gasteiger partial charge in [-0.25, -0.2) is 4.79 Å². The minimum atomic E-state index is -1.07. The standard InChI is InChI=1S/C14H18N2O4/c15-11-4-2-1-3-9(11)5-6-13(18)16-8-10(17)7-12(16)14(19)20/h1-4,10,12,17H,5-8,15H2,(H,19,20)/t10-,12-/m1/s1. The predicted octanol–water partition coefficient (Wildman–Crippen LogP) is 0.248. The molecule has 20 heavy (non-hydrogen) atoms. The highest BCUT2D eigenvalue weighted by Crippen LogP contribution is 2.20. The zero-order chi connectivity index (χ0) is 14.7. The van der Waals surface area contributed by atoms with Crippen LogP contribution in [0, 0.1) is 0 Å². The van der Waals surface area contributed by atoms with Crippen LogP contribution in [0.5, 0.6) is 0 Å². The lowest BCUT2D eigenvalue weighted by Crippen LogP contribution is -2.40. The van der Waals surface area contributed by atoms with Crippen LogP contribution in [0.15, 0.2) is 24.3 Å². The van der Waals surface area contributed by atoms with Crippen LogP contribution in [0.3, 0.4) is 0 Å². The number of nitrogens with zero attached hydrogens (tertiary/aromatic N) is 1. The van der Waals surface area contributed by atoms with Gasteiger partial charge in [0, 0.05) is 25.1 Å². The van der Waals surface area contributed by atoms with E-state index in [0.29, 0.717) is 12.1 Å². The maximum absolute atomic E-state index is 12.1. The van der Waals surface area contributed by atoms with Gasteiger partial charge in [-0.1, -0.05) is 18.2 Å². The van der Waals surface area contributed by atoms with Crippen LogP contribution in [0.1, 0.15) is 18.4 Å². The van der Waals surface area contributed by atoms with Crippen molar-refractivity contribution in [3.63, 3.8) is 0 Å². The molecule has 1 saturated heterocycles. The lowest BCUT2D eigenvalue weighted by molar-refractivity contribution is -0.148. The third kappa shape index (κ3) is 3.08. The minimum absolute atomic E-state index is 0.0834. The van der Waals surface area contributed by atoms with Crippen molar-refractivity contribution in [2.75, 3.05) is 12.3 Å². The number of hydrogen-bond acceptors (Lipinski definition) is 4. The number of amides is 1. The Balaban J connectivity index is 1.98. The first-order valence-electron chi connectivity index (χ1n) is 6.52. The summed E-state index contributed by atoms with van der Waals surface area (Å²) in [6.07, 6.45) is -0.0224. The molecule has 1 aliphatic rings. The van der Waals surface area contributed by atoms with Crippen LogP contribution in [0.2, 0.25) is 0 Å². The topological polar surface area (TPSA) is 104 Å². The molecule has 108 valence electrons. The highest BCUT2D eigenvalue weighted by atomic mass is 16.4.